The van der Waals surface area contributed by atoms with Crippen LogP contribution < -0.4 is 0 Å². The van der Waals surface area contributed by atoms with Crippen LogP contribution in [0.4, 0.5) is 13.2 Å². The molecule has 12 rings (SSSR count). The maximum absolute atomic E-state index is 13.0. The minimum atomic E-state index is -0.351. The molecule has 0 atom stereocenters. The SMILES string of the molecule is C.C.CC(C)(C)C1=NCCO1.CC(C)(C)c1cccc(F)c1.CC(C)(C)c1ccccc1.CC(C)(C)c1cccnc1.CC(C)(C)c1ncccn1.CCOC(=O)C(C)(C)C.CCOCC(C)(C)C.Cc1cc(C(C)(C)C)ccc1F.Cc1cc(F)cc(C(C)(C)C)c1.Cc1ccc(C(C)(C)C)cn1.Cc1nc(C(C)(C)C)no1.Cc1noc(C(C)(C)C)n1.Cc1noc(C(C)(C)C)n1.Cn1cc(C(C)(C)C)cn1. The number of aromatic nitrogens is 12. The van der Waals surface area contributed by atoms with Crippen LogP contribution in [0.5, 0.6) is 0 Å². The lowest BCUT2D eigenvalue weighted by Crippen LogP contribution is -2.22. The Kier molecular flexibility index (Phi) is 60.1. The molecule has 810 valence electrons. The topological polar surface area (TPSA) is 243 Å². The monoisotopic (exact) mass is 2000 g/mol. The summed E-state index contributed by atoms with van der Waals surface area (Å²) in [6.07, 6.45) is 13.2. The minimum absolute atomic E-state index is 0. The molecule has 4 aromatic carbocycles. The molecular weight excluding hydrogens is 1800 g/mol. The zero-order valence-corrected chi connectivity index (χ0v) is 97.9. The van der Waals surface area contributed by atoms with E-state index in [4.69, 9.17) is 27.8 Å². The van der Waals surface area contributed by atoms with Crippen LogP contribution in [0.25, 0.3) is 0 Å². The number of pyridine rings is 2. The van der Waals surface area contributed by atoms with Gasteiger partial charge in [0.05, 0.1) is 31.4 Å². The predicted octanol–water partition coefficient (Wildman–Crippen LogP) is 33.0. The van der Waals surface area contributed by atoms with Gasteiger partial charge in [0.15, 0.2) is 23.4 Å². The first kappa shape index (κ1) is 140. The minimum Gasteiger partial charge on any atom is -0.479 e. The predicted molar refractivity (Wildman–Crippen MR) is 600 cm³/mol. The maximum Gasteiger partial charge on any atom is 0.311 e. The second-order valence-electron chi connectivity index (χ2n) is 49.9. The molecule has 0 saturated carbocycles. The van der Waals surface area contributed by atoms with Gasteiger partial charge < -0.3 is 27.8 Å². The molecule has 0 saturated heterocycles. The molecule has 7 aromatic heterocycles. The summed E-state index contributed by atoms with van der Waals surface area (Å²) in [4.78, 5) is 43.9. The summed E-state index contributed by atoms with van der Waals surface area (Å²) >= 11 is 0. The second kappa shape index (κ2) is 61.9. The number of carbonyl (C=O) groups excluding carboxylic acids is 1. The standard InChI is InChI=1S/2C11H15F.C10H13F.C10H15N.C10H14.C9H13N.C8H14N2.C8H12N2.3C7H12N2O.C7H13NO.C7H14O2.C7H16O.2CH4/c1-8-5-9(11(2,3)4)7-10(12)6-8;1-8-7-9(11(2,3)4)5-6-10(8)12;1-10(2,3)8-5-4-6-9(11)7-8;1-8-5-6-9(7-11-8)10(2,3)4;1-10(2,3)9-7-5-4-6-8-9;1-9(2,3)8-5-4-6-10-7-8;1-8(2,3)7-5-9-10(4)6-7;1-8(2,3)7-9-5-4-6-10-7;1-5-8-6(9-10-5)7(2,3)4;2*1-5-8-6(10-9-5)7(2,3)4;1-7(2,3)6-8-4-5-9-6;1-5-9-6(8)7(2,3)4;1-5-8-6-7(2,3)4;;/h2*5-7H,1-4H3;4-7H,1-3H3;5-7H,1-4H3;4-8H,1-3H3;4-7H,1-3H3;5-6H,1-4H3;4-6H,1-3H3;3*1-4H3;4-5H2,1-3H3;5H2,1-4H3;5-6H2,1-4H3;2*1H4. The van der Waals surface area contributed by atoms with Crippen LogP contribution in [0.1, 0.15) is 416 Å². The third-order valence-electron chi connectivity index (χ3n) is 19.8. The number of carbonyl (C=O) groups is 1. The van der Waals surface area contributed by atoms with Gasteiger partial charge in [0.25, 0.3) is 0 Å². The normalized spacial score (nSPS) is 12.0. The van der Waals surface area contributed by atoms with Gasteiger partial charge in [0, 0.05) is 90.5 Å². The molecule has 20 nitrogen and oxygen atoms in total. The number of nitrogens with zero attached hydrogens (tertiary/aromatic N) is 13. The molecule has 0 unspecified atom stereocenters. The summed E-state index contributed by atoms with van der Waals surface area (Å²) in [5.41, 5.74) is 12.6. The maximum atomic E-state index is 13.0. The van der Waals surface area contributed by atoms with Crippen molar-refractivity contribution in [3.05, 3.63) is 279 Å². The van der Waals surface area contributed by atoms with Crippen molar-refractivity contribution in [2.45, 2.75) is 421 Å². The van der Waals surface area contributed by atoms with Crippen molar-refractivity contribution in [1.82, 2.24) is 60.1 Å². The van der Waals surface area contributed by atoms with Gasteiger partial charge in [-0.15, -0.1) is 0 Å². The second-order valence-corrected chi connectivity index (χ2v) is 49.9. The number of rotatable bonds is 3. The third-order valence-corrected chi connectivity index (χ3v) is 19.8. The van der Waals surface area contributed by atoms with Crippen molar-refractivity contribution in [2.24, 2.45) is 28.3 Å². The van der Waals surface area contributed by atoms with E-state index < -0.39 is 0 Å². The van der Waals surface area contributed by atoms with E-state index in [0.29, 0.717) is 46.8 Å². The Hall–Kier alpha value is -10.4. The van der Waals surface area contributed by atoms with Crippen LogP contribution in [-0.4, -0.2) is 105 Å². The van der Waals surface area contributed by atoms with Gasteiger partial charge in [-0.25, -0.2) is 23.1 Å². The van der Waals surface area contributed by atoms with Crippen LogP contribution in [0.3, 0.4) is 0 Å². The molecule has 0 bridgehead atoms. The van der Waals surface area contributed by atoms with E-state index in [1.165, 1.54) is 39.9 Å². The number of aliphatic imine (C=N–C) groups is 1. The Morgan fingerprint density at radius 1 is 0.389 bits per heavy atom. The van der Waals surface area contributed by atoms with Crippen LogP contribution in [-0.2, 0) is 85.6 Å². The van der Waals surface area contributed by atoms with Crippen LogP contribution in [0.2, 0.25) is 0 Å². The van der Waals surface area contributed by atoms with Gasteiger partial charge in [-0.05, 0) is 211 Å². The first-order valence-electron chi connectivity index (χ1n) is 49.6. The zero-order chi connectivity index (χ0) is 111. The van der Waals surface area contributed by atoms with E-state index >= 15 is 0 Å². The number of ether oxygens (including phenoxy) is 3. The van der Waals surface area contributed by atoms with Gasteiger partial charge in [-0.3, -0.25) is 24.4 Å². The Morgan fingerprint density at radius 3 is 1.09 bits per heavy atom. The highest BCUT2D eigenvalue weighted by Gasteiger charge is 2.27. The first-order valence-corrected chi connectivity index (χ1v) is 49.6. The molecule has 1 aliphatic heterocycles. The molecule has 1 aliphatic rings. The van der Waals surface area contributed by atoms with E-state index in [1.807, 2.05) is 171 Å². The smallest absolute Gasteiger partial charge is 0.311 e. The summed E-state index contributed by atoms with van der Waals surface area (Å²) in [5, 5.41) is 15.3. The number of hydrogen-bond donors (Lipinski definition) is 0. The quantitative estimate of drug-likeness (QED) is 0.149. The number of esters is 1. The summed E-state index contributed by atoms with van der Waals surface area (Å²) in [6, 6.07) is 37.9. The zero-order valence-electron chi connectivity index (χ0n) is 97.9. The van der Waals surface area contributed by atoms with E-state index in [0.717, 1.165) is 71.9 Å². The Morgan fingerprint density at radius 2 is 0.833 bits per heavy atom. The fraction of sp³-hybridized carbons (Fsp3) is 0.595. The highest BCUT2D eigenvalue weighted by Crippen LogP contribution is 2.30. The summed E-state index contributed by atoms with van der Waals surface area (Å²) < 4.78 is 70.4. The van der Waals surface area contributed by atoms with E-state index in [2.05, 4.69) is 344 Å². The van der Waals surface area contributed by atoms with Crippen LogP contribution in [0, 0.1) is 75.2 Å². The molecule has 0 aliphatic carbocycles. The molecule has 11 aromatic rings. The van der Waals surface area contributed by atoms with Crippen molar-refractivity contribution in [2.75, 3.05) is 33.0 Å². The lowest BCUT2D eigenvalue weighted by molar-refractivity contribution is -0.152. The number of aryl methyl sites for hydroxylation is 7. The van der Waals surface area contributed by atoms with E-state index in [-0.39, 0.29) is 103 Å². The average molecular weight is 2000 g/mol. The van der Waals surface area contributed by atoms with Crippen LogP contribution >= 0.6 is 0 Å². The molecule has 144 heavy (non-hydrogen) atoms. The van der Waals surface area contributed by atoms with Gasteiger partial charge in [-0.2, -0.15) is 20.1 Å². The molecule has 0 spiro atoms. The van der Waals surface area contributed by atoms with Crippen molar-refractivity contribution in [1.29, 1.82) is 0 Å². The molecule has 23 heteroatoms. The first-order chi connectivity index (χ1) is 64.3. The highest BCUT2D eigenvalue weighted by atomic mass is 19.1. The lowest BCUT2D eigenvalue weighted by atomic mass is 9.86. The number of hydrogen-bond acceptors (Lipinski definition) is 19. The van der Waals surface area contributed by atoms with Gasteiger partial charge in [0.2, 0.25) is 17.7 Å². The summed E-state index contributed by atoms with van der Waals surface area (Å²) in [6.45, 7) is 107. The molecule has 0 N–H and O–H groups in total. The lowest BCUT2D eigenvalue weighted by Gasteiger charge is -2.19. The van der Waals surface area contributed by atoms with Gasteiger partial charge in [-0.1, -0.05) is 373 Å². The van der Waals surface area contributed by atoms with E-state index in [9.17, 15) is 18.0 Å². The van der Waals surface area contributed by atoms with Gasteiger partial charge >= 0.3 is 5.97 Å². The van der Waals surface area contributed by atoms with Crippen molar-refractivity contribution in [3.63, 3.8) is 0 Å². The molecule has 0 amide bonds. The van der Waals surface area contributed by atoms with Crippen molar-refractivity contribution < 1.29 is 45.7 Å². The van der Waals surface area contributed by atoms with Crippen molar-refractivity contribution >= 4 is 11.9 Å². The Bertz CT molecular complexity index is 4970. The van der Waals surface area contributed by atoms with Gasteiger partial charge in [0.1, 0.15) is 29.9 Å². The number of halogens is 3. The third kappa shape index (κ3) is 63.8. The van der Waals surface area contributed by atoms with Crippen molar-refractivity contribution in [3.8, 4) is 0 Å². The average Bonchev–Trinajstić information content (AvgIpc) is 1.22. The molecule has 0 fully saturated rings. The molecular formula is C121H198F3N13O7. The fourth-order valence-electron chi connectivity index (χ4n) is 10.7. The summed E-state index contributed by atoms with van der Waals surface area (Å²) in [7, 11) is 1.94. The molecule has 8 heterocycles. The Balaban J connectivity index is -0.000000733. The fourth-order valence-corrected chi connectivity index (χ4v) is 10.7. The molecule has 0 radical (unpaired) electrons. The summed E-state index contributed by atoms with van der Waals surface area (Å²) in [5.74, 6) is 5.45. The Labute approximate surface area is 873 Å². The van der Waals surface area contributed by atoms with E-state index in [1.54, 1.807) is 56.7 Å². The number of benzene rings is 4. The largest absolute Gasteiger partial charge is 0.479 e. The van der Waals surface area contributed by atoms with Crippen LogP contribution in [0.15, 0.2) is 183 Å². The highest BCUT2D eigenvalue weighted by molar-refractivity contribution is 5.82.